The van der Waals surface area contributed by atoms with Gasteiger partial charge in [-0.1, -0.05) is 46.3 Å². The molecule has 0 bridgehead atoms. The largest absolute Gasteiger partial charge is 0.115 e. The summed E-state index contributed by atoms with van der Waals surface area (Å²) < 4.78 is 0. The van der Waals surface area contributed by atoms with Crippen LogP contribution in [0.3, 0.4) is 0 Å². The monoisotopic (exact) mass is 216 g/mol. The van der Waals surface area contributed by atoms with Crippen molar-refractivity contribution >= 4 is 11.6 Å². The predicted molar refractivity (Wildman–Crippen MR) is 67.0 cm³/mol. The van der Waals surface area contributed by atoms with Gasteiger partial charge in [-0.05, 0) is 31.6 Å². The van der Waals surface area contributed by atoms with Gasteiger partial charge in [0.2, 0.25) is 0 Å². The molecule has 0 aromatic heterocycles. The van der Waals surface area contributed by atoms with Crippen molar-refractivity contribution in [3.63, 3.8) is 0 Å². The van der Waals surface area contributed by atoms with E-state index in [0.29, 0.717) is 5.41 Å². The molecule has 0 saturated carbocycles. The van der Waals surface area contributed by atoms with Gasteiger partial charge in [0.15, 0.2) is 0 Å². The van der Waals surface area contributed by atoms with Crippen LogP contribution in [0.5, 0.6) is 0 Å². The summed E-state index contributed by atoms with van der Waals surface area (Å²) in [5, 5.41) is 0. The Hall–Kier alpha value is 0.0300. The van der Waals surface area contributed by atoms with Gasteiger partial charge in [-0.3, -0.25) is 0 Å². The zero-order valence-electron chi connectivity index (χ0n) is 10.4. The molecule has 1 atom stereocenters. The maximum atomic E-state index is 6.47. The molecule has 84 valence electrons. The van der Waals surface area contributed by atoms with Crippen molar-refractivity contribution < 1.29 is 0 Å². The Labute approximate surface area is 94.7 Å². The number of alkyl halides is 1. The molecular formula is C13H25Cl. The Morgan fingerprint density at radius 3 is 2.00 bits per heavy atom. The summed E-state index contributed by atoms with van der Waals surface area (Å²) >= 11 is 6.47. The Morgan fingerprint density at radius 1 is 1.14 bits per heavy atom. The maximum Gasteiger partial charge on any atom is 0.0624 e. The molecule has 0 saturated heterocycles. The van der Waals surface area contributed by atoms with Crippen molar-refractivity contribution in [2.45, 2.75) is 65.2 Å². The average molecular weight is 217 g/mol. The number of halogens is 1. The third-order valence-corrected chi connectivity index (χ3v) is 3.09. The van der Waals surface area contributed by atoms with Crippen molar-refractivity contribution in [1.29, 1.82) is 0 Å². The van der Waals surface area contributed by atoms with E-state index in [9.17, 15) is 0 Å². The van der Waals surface area contributed by atoms with E-state index in [-0.39, 0.29) is 4.87 Å². The normalized spacial score (nSPS) is 16.4. The van der Waals surface area contributed by atoms with Crippen LogP contribution in [0.1, 0.15) is 60.3 Å². The Kier molecular flexibility index (Phi) is 5.22. The first-order valence-corrected chi connectivity index (χ1v) is 5.94. The van der Waals surface area contributed by atoms with Gasteiger partial charge in [0, 0.05) is 0 Å². The van der Waals surface area contributed by atoms with E-state index in [2.05, 4.69) is 41.2 Å². The zero-order valence-corrected chi connectivity index (χ0v) is 11.2. The van der Waals surface area contributed by atoms with E-state index >= 15 is 0 Å². The third kappa shape index (κ3) is 5.70. The standard InChI is InChI=1S/C13H25Cl/c1-7-8-11(2)13(6,14)10-9-12(3,4)5/h2,7-10H2,1,3-6H3/t13-/m0/s1. The fourth-order valence-electron chi connectivity index (χ4n) is 1.35. The molecule has 1 heteroatoms. The van der Waals surface area contributed by atoms with Gasteiger partial charge in [0.05, 0.1) is 4.87 Å². The van der Waals surface area contributed by atoms with Crippen LogP contribution in [0.2, 0.25) is 0 Å². The fraction of sp³-hybridized carbons (Fsp3) is 0.846. The summed E-state index contributed by atoms with van der Waals surface area (Å²) in [6.07, 6.45) is 4.35. The quantitative estimate of drug-likeness (QED) is 0.440. The van der Waals surface area contributed by atoms with Crippen LogP contribution in [0.4, 0.5) is 0 Å². The number of allylic oxidation sites excluding steroid dienone is 1. The molecule has 0 radical (unpaired) electrons. The first kappa shape index (κ1) is 14.0. The highest BCUT2D eigenvalue weighted by molar-refractivity contribution is 6.25. The molecule has 0 aliphatic heterocycles. The van der Waals surface area contributed by atoms with Crippen LogP contribution in [-0.4, -0.2) is 4.87 Å². The van der Waals surface area contributed by atoms with Crippen LogP contribution in [0.15, 0.2) is 12.2 Å². The SMILES string of the molecule is C=C(CCC)[C@@](C)(Cl)CCC(C)(C)C. The molecule has 0 fully saturated rings. The highest BCUT2D eigenvalue weighted by Crippen LogP contribution is 2.35. The van der Waals surface area contributed by atoms with Gasteiger partial charge in [0.1, 0.15) is 0 Å². The molecule has 0 aromatic carbocycles. The van der Waals surface area contributed by atoms with E-state index in [4.69, 9.17) is 11.6 Å². The first-order valence-electron chi connectivity index (χ1n) is 5.56. The van der Waals surface area contributed by atoms with Crippen LogP contribution in [-0.2, 0) is 0 Å². The molecule has 0 spiro atoms. The minimum Gasteiger partial charge on any atom is -0.115 e. The molecular weight excluding hydrogens is 192 g/mol. The Balaban J connectivity index is 4.13. The molecule has 0 heterocycles. The lowest BCUT2D eigenvalue weighted by Crippen LogP contribution is -2.22. The molecule has 0 nitrogen and oxygen atoms in total. The molecule has 0 unspecified atom stereocenters. The van der Waals surface area contributed by atoms with Crippen LogP contribution >= 0.6 is 11.6 Å². The molecule has 0 N–H and O–H groups in total. The number of hydrogen-bond acceptors (Lipinski definition) is 0. The Bertz CT molecular complexity index is 184. The van der Waals surface area contributed by atoms with Gasteiger partial charge in [-0.2, -0.15) is 0 Å². The van der Waals surface area contributed by atoms with Crippen LogP contribution in [0.25, 0.3) is 0 Å². The van der Waals surface area contributed by atoms with E-state index in [1.807, 2.05) is 0 Å². The summed E-state index contributed by atoms with van der Waals surface area (Å²) in [6, 6.07) is 0. The van der Waals surface area contributed by atoms with E-state index < -0.39 is 0 Å². The molecule has 0 amide bonds. The summed E-state index contributed by atoms with van der Waals surface area (Å²) in [6.45, 7) is 15.1. The van der Waals surface area contributed by atoms with Crippen LogP contribution in [0, 0.1) is 5.41 Å². The zero-order chi connectivity index (χ0) is 11.4. The van der Waals surface area contributed by atoms with Gasteiger partial charge in [0.25, 0.3) is 0 Å². The second-order valence-corrected chi connectivity index (χ2v) is 6.45. The van der Waals surface area contributed by atoms with Crippen molar-refractivity contribution in [2.24, 2.45) is 5.41 Å². The van der Waals surface area contributed by atoms with Crippen molar-refractivity contribution in [3.05, 3.63) is 12.2 Å². The minimum atomic E-state index is -0.205. The smallest absolute Gasteiger partial charge is 0.0624 e. The molecule has 14 heavy (non-hydrogen) atoms. The lowest BCUT2D eigenvalue weighted by atomic mass is 9.84. The second kappa shape index (κ2) is 5.21. The maximum absolute atomic E-state index is 6.47. The highest BCUT2D eigenvalue weighted by atomic mass is 35.5. The van der Waals surface area contributed by atoms with Crippen LogP contribution < -0.4 is 0 Å². The summed E-state index contributed by atoms with van der Waals surface area (Å²) in [7, 11) is 0. The topological polar surface area (TPSA) is 0 Å². The van der Waals surface area contributed by atoms with Gasteiger partial charge in [-0.25, -0.2) is 0 Å². The van der Waals surface area contributed by atoms with Gasteiger partial charge < -0.3 is 0 Å². The van der Waals surface area contributed by atoms with Crippen molar-refractivity contribution in [1.82, 2.24) is 0 Å². The Morgan fingerprint density at radius 2 is 1.64 bits per heavy atom. The molecule has 0 rings (SSSR count). The minimum absolute atomic E-state index is 0.205. The summed E-state index contributed by atoms with van der Waals surface area (Å²) in [5.74, 6) is 0. The summed E-state index contributed by atoms with van der Waals surface area (Å²) in [4.78, 5) is -0.205. The molecule has 0 aliphatic rings. The lowest BCUT2D eigenvalue weighted by molar-refractivity contribution is 0.348. The number of rotatable bonds is 5. The van der Waals surface area contributed by atoms with Crippen molar-refractivity contribution in [3.8, 4) is 0 Å². The molecule has 0 aliphatic carbocycles. The van der Waals surface area contributed by atoms with E-state index in [1.54, 1.807) is 0 Å². The molecule has 0 aromatic rings. The van der Waals surface area contributed by atoms with E-state index in [0.717, 1.165) is 25.7 Å². The predicted octanol–water partition coefficient (Wildman–Crippen LogP) is 5.17. The first-order chi connectivity index (χ1) is 6.19. The highest BCUT2D eigenvalue weighted by Gasteiger charge is 2.26. The fourth-order valence-corrected chi connectivity index (χ4v) is 1.54. The van der Waals surface area contributed by atoms with Gasteiger partial charge in [-0.15, -0.1) is 11.6 Å². The second-order valence-electron chi connectivity index (χ2n) is 5.61. The number of hydrogen-bond donors (Lipinski definition) is 0. The van der Waals surface area contributed by atoms with Gasteiger partial charge >= 0.3 is 0 Å². The lowest BCUT2D eigenvalue weighted by Gasteiger charge is -2.28. The third-order valence-electron chi connectivity index (χ3n) is 2.63. The van der Waals surface area contributed by atoms with Crippen molar-refractivity contribution in [2.75, 3.05) is 0 Å². The average Bonchev–Trinajstić information content (AvgIpc) is 2.00. The van der Waals surface area contributed by atoms with E-state index in [1.165, 1.54) is 5.57 Å². The summed E-state index contributed by atoms with van der Waals surface area (Å²) in [5.41, 5.74) is 1.55.